The number of thiazole rings is 1. The lowest BCUT2D eigenvalue weighted by Crippen LogP contribution is -2.23. The lowest BCUT2D eigenvalue weighted by molar-refractivity contribution is 0.305. The molecule has 0 aliphatic rings. The van der Waals surface area contributed by atoms with Crippen molar-refractivity contribution in [2.75, 3.05) is 0 Å². The van der Waals surface area contributed by atoms with Gasteiger partial charge >= 0.3 is 0 Å². The van der Waals surface area contributed by atoms with Gasteiger partial charge in [-0.1, -0.05) is 26.0 Å². The summed E-state index contributed by atoms with van der Waals surface area (Å²) in [6, 6.07) is 8.80. The molecule has 0 amide bonds. The van der Waals surface area contributed by atoms with Gasteiger partial charge in [-0.3, -0.25) is 0 Å². The zero-order valence-electron chi connectivity index (χ0n) is 13.1. The quantitative estimate of drug-likeness (QED) is 0.794. The first-order valence-corrected chi connectivity index (χ1v) is 8.41. The van der Waals surface area contributed by atoms with Gasteiger partial charge < -0.3 is 10.1 Å². The molecule has 3 nitrogen and oxygen atoms in total. The van der Waals surface area contributed by atoms with Crippen LogP contribution in [0, 0.1) is 0 Å². The van der Waals surface area contributed by atoms with Crippen LogP contribution in [0.5, 0.6) is 5.75 Å². The number of nitrogens with one attached hydrogen (secondary N) is 1. The Morgan fingerprint density at radius 1 is 1.33 bits per heavy atom. The molecule has 1 unspecified atom stereocenters. The van der Waals surface area contributed by atoms with Crippen molar-refractivity contribution in [2.45, 2.75) is 52.8 Å². The molecule has 0 saturated carbocycles. The molecule has 0 radical (unpaired) electrons. The topological polar surface area (TPSA) is 34.1 Å². The van der Waals surface area contributed by atoms with Crippen LogP contribution in [0.25, 0.3) is 0 Å². The van der Waals surface area contributed by atoms with E-state index in [-0.39, 0.29) is 0 Å². The summed E-state index contributed by atoms with van der Waals surface area (Å²) in [6.45, 7) is 7.97. The highest BCUT2D eigenvalue weighted by atomic mass is 32.1. The van der Waals surface area contributed by atoms with E-state index in [4.69, 9.17) is 4.74 Å². The third kappa shape index (κ3) is 5.14. The second-order valence-electron chi connectivity index (χ2n) is 5.20. The van der Waals surface area contributed by atoms with E-state index >= 15 is 0 Å². The Bertz CT molecular complexity index is 553. The Balaban J connectivity index is 1.84. The van der Waals surface area contributed by atoms with Gasteiger partial charge in [0.2, 0.25) is 0 Å². The summed E-state index contributed by atoms with van der Waals surface area (Å²) in [4.78, 5) is 5.69. The number of aromatic nitrogens is 1. The van der Waals surface area contributed by atoms with Gasteiger partial charge in [-0.2, -0.15) is 0 Å². The van der Waals surface area contributed by atoms with Crippen LogP contribution in [0.1, 0.15) is 42.6 Å². The van der Waals surface area contributed by atoms with Crippen LogP contribution in [0.4, 0.5) is 0 Å². The van der Waals surface area contributed by atoms with Gasteiger partial charge in [0.25, 0.3) is 0 Å². The smallest absolute Gasteiger partial charge is 0.140 e. The first kappa shape index (κ1) is 16.0. The maximum absolute atomic E-state index is 5.82. The monoisotopic (exact) mass is 304 g/mol. The summed E-state index contributed by atoms with van der Waals surface area (Å²) in [5.74, 6) is 0.920. The molecule has 0 saturated heterocycles. The van der Waals surface area contributed by atoms with Crippen LogP contribution >= 0.6 is 11.3 Å². The largest absolute Gasteiger partial charge is 0.486 e. The van der Waals surface area contributed by atoms with E-state index in [1.807, 2.05) is 18.3 Å². The van der Waals surface area contributed by atoms with Crippen molar-refractivity contribution >= 4 is 11.3 Å². The highest BCUT2D eigenvalue weighted by Crippen LogP contribution is 2.18. The minimum absolute atomic E-state index is 0.543. The molecule has 2 aromatic rings. The minimum Gasteiger partial charge on any atom is -0.486 e. The van der Waals surface area contributed by atoms with Gasteiger partial charge in [-0.05, 0) is 37.5 Å². The number of hydrogen-bond donors (Lipinski definition) is 1. The normalized spacial score (nSPS) is 12.3. The molecule has 0 aliphatic carbocycles. The van der Waals surface area contributed by atoms with Crippen LogP contribution in [0.2, 0.25) is 0 Å². The molecule has 114 valence electrons. The Morgan fingerprint density at radius 3 is 2.95 bits per heavy atom. The number of aryl methyl sites for hydroxylation is 1. The van der Waals surface area contributed by atoms with Gasteiger partial charge in [0.15, 0.2) is 0 Å². The predicted octanol–water partition coefficient (Wildman–Crippen LogP) is 4.17. The molecule has 0 bridgehead atoms. The lowest BCUT2D eigenvalue weighted by atomic mass is 10.2. The number of nitrogens with zero attached hydrogens (tertiary/aromatic N) is 1. The highest BCUT2D eigenvalue weighted by molar-refractivity contribution is 7.11. The van der Waals surface area contributed by atoms with Crippen molar-refractivity contribution in [1.82, 2.24) is 10.3 Å². The second-order valence-corrected chi connectivity index (χ2v) is 6.40. The highest BCUT2D eigenvalue weighted by Gasteiger charge is 2.05. The van der Waals surface area contributed by atoms with Crippen LogP contribution in [0.15, 0.2) is 30.5 Å². The molecule has 2 rings (SSSR count). The maximum atomic E-state index is 5.82. The van der Waals surface area contributed by atoms with Crippen LogP contribution in [-0.4, -0.2) is 11.0 Å². The Hall–Kier alpha value is -1.39. The Morgan fingerprint density at radius 2 is 2.19 bits per heavy atom. The fourth-order valence-electron chi connectivity index (χ4n) is 1.92. The summed E-state index contributed by atoms with van der Waals surface area (Å²) in [5, 5.41) is 4.51. The number of benzene rings is 1. The van der Waals surface area contributed by atoms with Crippen molar-refractivity contribution in [3.05, 3.63) is 45.9 Å². The Kier molecular flexibility index (Phi) is 6.21. The van der Waals surface area contributed by atoms with Crippen LogP contribution in [-0.2, 0) is 19.6 Å². The third-order valence-corrected chi connectivity index (χ3v) is 4.48. The van der Waals surface area contributed by atoms with Crippen molar-refractivity contribution in [1.29, 1.82) is 0 Å². The van der Waals surface area contributed by atoms with Gasteiger partial charge in [0.05, 0.1) is 0 Å². The molecule has 1 N–H and O–H groups in total. The van der Waals surface area contributed by atoms with E-state index in [9.17, 15) is 0 Å². The standard InChI is InChI=1S/C17H24N2OS/c1-4-13(3)18-10-16-11-19-17(21-16)12-20-15-8-6-7-14(5-2)9-15/h6-9,11,13,18H,4-5,10,12H2,1-3H3. The van der Waals surface area contributed by atoms with E-state index in [1.54, 1.807) is 11.3 Å². The average Bonchev–Trinajstić information content (AvgIpc) is 2.98. The minimum atomic E-state index is 0.543. The van der Waals surface area contributed by atoms with Crippen molar-refractivity contribution in [2.24, 2.45) is 0 Å². The molecular formula is C17H24N2OS. The van der Waals surface area contributed by atoms with Crippen molar-refractivity contribution < 1.29 is 4.74 Å². The van der Waals surface area contributed by atoms with E-state index in [2.05, 4.69) is 43.2 Å². The van der Waals surface area contributed by atoms with E-state index in [0.29, 0.717) is 12.6 Å². The summed E-state index contributed by atoms with van der Waals surface area (Å²) in [7, 11) is 0. The molecule has 0 aliphatic heterocycles. The van der Waals surface area contributed by atoms with Crippen molar-refractivity contribution in [3.8, 4) is 5.75 Å². The fraction of sp³-hybridized carbons (Fsp3) is 0.471. The molecule has 21 heavy (non-hydrogen) atoms. The van der Waals surface area contributed by atoms with Crippen LogP contribution in [0.3, 0.4) is 0 Å². The maximum Gasteiger partial charge on any atom is 0.140 e. The first-order chi connectivity index (χ1) is 10.2. The van der Waals surface area contributed by atoms with Gasteiger partial charge in [-0.25, -0.2) is 4.98 Å². The van der Waals surface area contributed by atoms with Crippen LogP contribution < -0.4 is 10.1 Å². The van der Waals surface area contributed by atoms with E-state index in [0.717, 1.165) is 30.1 Å². The molecule has 1 heterocycles. The fourth-order valence-corrected chi connectivity index (χ4v) is 2.70. The van der Waals surface area contributed by atoms with Gasteiger partial charge in [0.1, 0.15) is 17.4 Å². The average molecular weight is 304 g/mol. The molecule has 1 aromatic carbocycles. The predicted molar refractivity (Wildman–Crippen MR) is 88.9 cm³/mol. The molecule has 4 heteroatoms. The molecular weight excluding hydrogens is 280 g/mol. The summed E-state index contributed by atoms with van der Waals surface area (Å²) in [6.07, 6.45) is 4.11. The number of ether oxygens (including phenoxy) is 1. The lowest BCUT2D eigenvalue weighted by Gasteiger charge is -2.09. The van der Waals surface area contributed by atoms with Crippen molar-refractivity contribution in [3.63, 3.8) is 0 Å². The SMILES string of the molecule is CCc1cccc(OCc2ncc(CNC(C)CC)s2)c1. The van der Waals surface area contributed by atoms with Gasteiger partial charge in [-0.15, -0.1) is 11.3 Å². The Labute approximate surface area is 131 Å². The zero-order valence-corrected chi connectivity index (χ0v) is 13.9. The summed E-state index contributed by atoms with van der Waals surface area (Å²) < 4.78 is 5.82. The molecule has 0 spiro atoms. The number of hydrogen-bond acceptors (Lipinski definition) is 4. The summed E-state index contributed by atoms with van der Waals surface area (Å²) in [5.41, 5.74) is 1.30. The zero-order chi connectivity index (χ0) is 15.1. The van der Waals surface area contributed by atoms with E-state index < -0.39 is 0 Å². The molecule has 0 fully saturated rings. The first-order valence-electron chi connectivity index (χ1n) is 7.60. The second kappa shape index (κ2) is 8.15. The molecule has 1 atom stereocenters. The molecule has 1 aromatic heterocycles. The summed E-state index contributed by atoms with van der Waals surface area (Å²) >= 11 is 1.72. The van der Waals surface area contributed by atoms with Gasteiger partial charge in [0, 0.05) is 23.7 Å². The van der Waals surface area contributed by atoms with E-state index in [1.165, 1.54) is 10.4 Å². The third-order valence-electron chi connectivity index (χ3n) is 3.51. The number of rotatable bonds is 8.